The zero-order chi connectivity index (χ0) is 18.0. The topological polar surface area (TPSA) is 18.5 Å². The van der Waals surface area contributed by atoms with Crippen LogP contribution in [-0.2, 0) is 0 Å². The van der Waals surface area contributed by atoms with Crippen molar-refractivity contribution < 1.29 is 0 Å². The van der Waals surface area contributed by atoms with Gasteiger partial charge in [-0.15, -0.1) is 0 Å². The van der Waals surface area contributed by atoms with Gasteiger partial charge in [0.2, 0.25) is 0 Å². The van der Waals surface area contributed by atoms with E-state index in [1.54, 1.807) is 0 Å². The van der Waals surface area contributed by atoms with Gasteiger partial charge in [-0.2, -0.15) is 0 Å². The first-order valence-electron chi connectivity index (χ1n) is 9.68. The summed E-state index contributed by atoms with van der Waals surface area (Å²) in [5.41, 5.74) is 0.392. The van der Waals surface area contributed by atoms with Crippen molar-refractivity contribution in [1.29, 1.82) is 0 Å². The van der Waals surface area contributed by atoms with E-state index in [0.29, 0.717) is 11.5 Å². The van der Waals surface area contributed by atoms with Crippen LogP contribution in [0.3, 0.4) is 0 Å². The van der Waals surface area contributed by atoms with Crippen molar-refractivity contribution in [2.75, 3.05) is 46.3 Å². The van der Waals surface area contributed by atoms with E-state index in [0.717, 1.165) is 31.5 Å². The Hall–Kier alpha value is -0.120. The van der Waals surface area contributed by atoms with Crippen molar-refractivity contribution in [2.45, 2.75) is 67.9 Å². The van der Waals surface area contributed by atoms with Gasteiger partial charge in [0, 0.05) is 25.7 Å². The van der Waals surface area contributed by atoms with Crippen LogP contribution in [0.4, 0.5) is 0 Å². The summed E-state index contributed by atoms with van der Waals surface area (Å²) in [6, 6.07) is 0.609. The number of likely N-dealkylation sites (N-methyl/N-ethyl adjacent to an activating group) is 1. The second-order valence-corrected chi connectivity index (χ2v) is 9.16. The minimum absolute atomic E-state index is 0.392. The average Bonchev–Trinajstić information content (AvgIpc) is 2.41. The van der Waals surface area contributed by atoms with Gasteiger partial charge < -0.3 is 15.1 Å². The SMILES string of the molecule is CCN(CC(C)CCN(C)C(C)CNCC(C)C)CC(C)(C)C. The Bertz CT molecular complexity index is 283. The Morgan fingerprint density at radius 1 is 1.00 bits per heavy atom. The molecule has 0 aromatic heterocycles. The molecule has 0 heterocycles. The average molecular weight is 328 g/mol. The normalized spacial score (nSPS) is 15.7. The molecule has 0 saturated heterocycles. The van der Waals surface area contributed by atoms with Crippen LogP contribution in [0, 0.1) is 17.3 Å². The molecule has 0 aliphatic heterocycles. The maximum Gasteiger partial charge on any atom is 0.0189 e. The van der Waals surface area contributed by atoms with Gasteiger partial charge in [-0.05, 0) is 57.3 Å². The molecule has 0 amide bonds. The Morgan fingerprint density at radius 3 is 2.09 bits per heavy atom. The standard InChI is InChI=1S/C20H45N3/c1-10-23(16-20(6,7)8)15-18(4)11-12-22(9)19(5)14-21-13-17(2)3/h17-19,21H,10-16H2,1-9H3. The van der Waals surface area contributed by atoms with Crippen LogP contribution in [0.15, 0.2) is 0 Å². The molecule has 0 bridgehead atoms. The molecule has 2 atom stereocenters. The summed E-state index contributed by atoms with van der Waals surface area (Å²) in [7, 11) is 2.27. The molecule has 0 rings (SSSR count). The summed E-state index contributed by atoms with van der Waals surface area (Å²) < 4.78 is 0. The maximum absolute atomic E-state index is 3.57. The zero-order valence-electron chi connectivity index (χ0n) is 17.6. The van der Waals surface area contributed by atoms with Gasteiger partial charge in [0.1, 0.15) is 0 Å². The van der Waals surface area contributed by atoms with Crippen molar-refractivity contribution in [3.8, 4) is 0 Å². The molecule has 0 aromatic rings. The van der Waals surface area contributed by atoms with E-state index in [1.807, 2.05) is 0 Å². The van der Waals surface area contributed by atoms with Gasteiger partial charge in [-0.25, -0.2) is 0 Å². The Morgan fingerprint density at radius 2 is 1.61 bits per heavy atom. The third kappa shape index (κ3) is 12.9. The van der Waals surface area contributed by atoms with Gasteiger partial charge in [0.05, 0.1) is 0 Å². The number of nitrogens with one attached hydrogen (secondary N) is 1. The van der Waals surface area contributed by atoms with E-state index in [9.17, 15) is 0 Å². The molecule has 0 spiro atoms. The van der Waals surface area contributed by atoms with Crippen molar-refractivity contribution in [2.24, 2.45) is 17.3 Å². The fraction of sp³-hybridized carbons (Fsp3) is 1.00. The highest BCUT2D eigenvalue weighted by molar-refractivity contribution is 4.72. The molecule has 3 heteroatoms. The summed E-state index contributed by atoms with van der Waals surface area (Å²) in [6.07, 6.45) is 1.28. The highest BCUT2D eigenvalue weighted by Crippen LogP contribution is 2.17. The molecular weight excluding hydrogens is 282 g/mol. The highest BCUT2D eigenvalue weighted by Gasteiger charge is 2.18. The van der Waals surface area contributed by atoms with Gasteiger partial charge in [-0.1, -0.05) is 48.5 Å². The summed E-state index contributed by atoms with van der Waals surface area (Å²) in [4.78, 5) is 5.11. The molecule has 0 aliphatic carbocycles. The molecule has 0 saturated carbocycles. The number of hydrogen-bond donors (Lipinski definition) is 1. The summed E-state index contributed by atoms with van der Waals surface area (Å²) in [5.74, 6) is 1.49. The molecule has 0 fully saturated rings. The molecule has 0 radical (unpaired) electrons. The quantitative estimate of drug-likeness (QED) is 0.585. The van der Waals surface area contributed by atoms with Crippen LogP contribution in [0.5, 0.6) is 0 Å². The van der Waals surface area contributed by atoms with E-state index in [2.05, 4.69) is 77.6 Å². The molecule has 1 N–H and O–H groups in total. The molecule has 23 heavy (non-hydrogen) atoms. The first-order chi connectivity index (χ1) is 10.5. The Balaban J connectivity index is 4.03. The van der Waals surface area contributed by atoms with Gasteiger partial charge >= 0.3 is 0 Å². The van der Waals surface area contributed by atoms with Crippen molar-refractivity contribution in [3.05, 3.63) is 0 Å². The first kappa shape index (κ1) is 22.9. The van der Waals surface area contributed by atoms with E-state index in [1.165, 1.54) is 26.1 Å². The minimum Gasteiger partial charge on any atom is -0.315 e. The third-order valence-corrected chi connectivity index (χ3v) is 4.43. The van der Waals surface area contributed by atoms with Gasteiger partial charge in [0.15, 0.2) is 0 Å². The number of hydrogen-bond acceptors (Lipinski definition) is 3. The fourth-order valence-corrected chi connectivity index (χ4v) is 2.89. The molecule has 140 valence electrons. The monoisotopic (exact) mass is 327 g/mol. The van der Waals surface area contributed by atoms with Crippen LogP contribution in [-0.4, -0.2) is 62.2 Å². The predicted octanol–water partition coefficient (Wildman–Crippen LogP) is 3.95. The predicted molar refractivity (Wildman–Crippen MR) is 105 cm³/mol. The highest BCUT2D eigenvalue weighted by atomic mass is 15.1. The van der Waals surface area contributed by atoms with E-state index < -0.39 is 0 Å². The lowest BCUT2D eigenvalue weighted by Crippen LogP contribution is -2.40. The van der Waals surface area contributed by atoms with Crippen LogP contribution in [0.25, 0.3) is 0 Å². The zero-order valence-corrected chi connectivity index (χ0v) is 17.6. The smallest absolute Gasteiger partial charge is 0.0189 e. The largest absolute Gasteiger partial charge is 0.315 e. The Labute approximate surface area is 147 Å². The van der Waals surface area contributed by atoms with Crippen LogP contribution >= 0.6 is 0 Å². The van der Waals surface area contributed by atoms with Crippen LogP contribution in [0.2, 0.25) is 0 Å². The summed E-state index contributed by atoms with van der Waals surface area (Å²) in [5, 5.41) is 3.57. The summed E-state index contributed by atoms with van der Waals surface area (Å²) >= 11 is 0. The van der Waals surface area contributed by atoms with Crippen LogP contribution < -0.4 is 5.32 Å². The molecule has 0 aliphatic rings. The molecule has 2 unspecified atom stereocenters. The van der Waals surface area contributed by atoms with Crippen molar-refractivity contribution in [1.82, 2.24) is 15.1 Å². The molecular formula is C20H45N3. The maximum atomic E-state index is 3.57. The van der Waals surface area contributed by atoms with Crippen LogP contribution in [0.1, 0.15) is 61.8 Å². The third-order valence-electron chi connectivity index (χ3n) is 4.43. The van der Waals surface area contributed by atoms with Gasteiger partial charge in [0.25, 0.3) is 0 Å². The lowest BCUT2D eigenvalue weighted by Gasteiger charge is -2.32. The first-order valence-corrected chi connectivity index (χ1v) is 9.68. The lowest BCUT2D eigenvalue weighted by atomic mass is 9.95. The van der Waals surface area contributed by atoms with E-state index >= 15 is 0 Å². The number of rotatable bonds is 12. The Kier molecular flexibility index (Phi) is 11.4. The second kappa shape index (κ2) is 11.4. The molecule has 0 aromatic carbocycles. The second-order valence-electron chi connectivity index (χ2n) is 9.16. The van der Waals surface area contributed by atoms with E-state index in [-0.39, 0.29) is 0 Å². The molecule has 3 nitrogen and oxygen atoms in total. The fourth-order valence-electron chi connectivity index (χ4n) is 2.89. The van der Waals surface area contributed by atoms with Crippen molar-refractivity contribution >= 4 is 0 Å². The lowest BCUT2D eigenvalue weighted by molar-refractivity contribution is 0.163. The summed E-state index contributed by atoms with van der Waals surface area (Å²) in [6.45, 7) is 25.5. The van der Waals surface area contributed by atoms with Crippen molar-refractivity contribution in [3.63, 3.8) is 0 Å². The van der Waals surface area contributed by atoms with Gasteiger partial charge in [-0.3, -0.25) is 0 Å². The van der Waals surface area contributed by atoms with E-state index in [4.69, 9.17) is 0 Å². The minimum atomic E-state index is 0.392. The number of nitrogens with zero attached hydrogens (tertiary/aromatic N) is 2.